The second kappa shape index (κ2) is 7.79. The van der Waals surface area contributed by atoms with Crippen molar-refractivity contribution in [2.75, 3.05) is 24.1 Å². The number of anilines is 2. The molecule has 0 fully saturated rings. The van der Waals surface area contributed by atoms with Gasteiger partial charge in [-0.1, -0.05) is 19.1 Å². The lowest BCUT2D eigenvalue weighted by Crippen LogP contribution is -2.32. The molecule has 0 atom stereocenters. The minimum absolute atomic E-state index is 0.0257. The first-order valence-electron chi connectivity index (χ1n) is 6.93. The first-order valence-corrected chi connectivity index (χ1v) is 6.93. The molecule has 4 nitrogen and oxygen atoms in total. The van der Waals surface area contributed by atoms with Crippen LogP contribution in [-0.4, -0.2) is 29.9 Å². The lowest BCUT2D eigenvalue weighted by molar-refractivity contribution is -0.116. The van der Waals surface area contributed by atoms with Crippen LogP contribution < -0.4 is 11.1 Å². The Morgan fingerprint density at radius 1 is 1.37 bits per heavy atom. The molecule has 4 heteroatoms. The molecule has 1 amide bonds. The van der Waals surface area contributed by atoms with Crippen molar-refractivity contribution in [2.24, 2.45) is 0 Å². The summed E-state index contributed by atoms with van der Waals surface area (Å²) in [6, 6.07) is 7.85. The molecule has 0 aliphatic heterocycles. The third-order valence-electron chi connectivity index (χ3n) is 3.22. The number of benzene rings is 1. The highest BCUT2D eigenvalue weighted by Crippen LogP contribution is 2.17. The summed E-state index contributed by atoms with van der Waals surface area (Å²) in [4.78, 5) is 14.2. The highest BCUT2D eigenvalue weighted by atomic mass is 16.1. The number of para-hydroxylation sites is 2. The van der Waals surface area contributed by atoms with Gasteiger partial charge in [0.05, 0.1) is 11.4 Å². The van der Waals surface area contributed by atoms with Crippen molar-refractivity contribution in [3.05, 3.63) is 24.3 Å². The smallest absolute Gasteiger partial charge is 0.224 e. The molecule has 0 heterocycles. The predicted molar refractivity (Wildman–Crippen MR) is 81.1 cm³/mol. The molecule has 106 valence electrons. The molecule has 0 saturated heterocycles. The fourth-order valence-corrected chi connectivity index (χ4v) is 2.05. The summed E-state index contributed by atoms with van der Waals surface area (Å²) < 4.78 is 0. The molecular weight excluding hydrogens is 238 g/mol. The van der Waals surface area contributed by atoms with Gasteiger partial charge < -0.3 is 16.0 Å². The SMILES string of the molecule is CCN(CCCC(=O)Nc1ccccc1N)C(C)C. The van der Waals surface area contributed by atoms with Crippen LogP contribution in [0.1, 0.15) is 33.6 Å². The van der Waals surface area contributed by atoms with Gasteiger partial charge in [0.25, 0.3) is 0 Å². The van der Waals surface area contributed by atoms with E-state index >= 15 is 0 Å². The zero-order valence-corrected chi connectivity index (χ0v) is 12.1. The van der Waals surface area contributed by atoms with E-state index in [1.165, 1.54) is 0 Å². The number of carbonyl (C=O) groups is 1. The second-order valence-corrected chi connectivity index (χ2v) is 4.96. The van der Waals surface area contributed by atoms with Gasteiger partial charge in [0.2, 0.25) is 5.91 Å². The third kappa shape index (κ3) is 5.30. The summed E-state index contributed by atoms with van der Waals surface area (Å²) in [7, 11) is 0. The minimum atomic E-state index is 0.0257. The van der Waals surface area contributed by atoms with Crippen LogP contribution in [0.25, 0.3) is 0 Å². The van der Waals surface area contributed by atoms with Crippen molar-refractivity contribution < 1.29 is 4.79 Å². The summed E-state index contributed by atoms with van der Waals surface area (Å²) in [5, 5.41) is 2.85. The summed E-state index contributed by atoms with van der Waals surface area (Å²) in [6.45, 7) is 8.46. The van der Waals surface area contributed by atoms with Crippen molar-refractivity contribution in [2.45, 2.75) is 39.7 Å². The average molecular weight is 263 g/mol. The number of carbonyl (C=O) groups excluding carboxylic acids is 1. The fourth-order valence-electron chi connectivity index (χ4n) is 2.05. The van der Waals surface area contributed by atoms with E-state index in [1.54, 1.807) is 6.07 Å². The molecule has 3 N–H and O–H groups in total. The number of nitrogens with one attached hydrogen (secondary N) is 1. The van der Waals surface area contributed by atoms with Gasteiger partial charge in [-0.2, -0.15) is 0 Å². The van der Waals surface area contributed by atoms with Gasteiger partial charge >= 0.3 is 0 Å². The van der Waals surface area contributed by atoms with Crippen LogP contribution in [0.3, 0.4) is 0 Å². The monoisotopic (exact) mass is 263 g/mol. The van der Waals surface area contributed by atoms with Crippen LogP contribution in [0.15, 0.2) is 24.3 Å². The Morgan fingerprint density at radius 2 is 2.05 bits per heavy atom. The molecule has 0 bridgehead atoms. The number of nitrogens with two attached hydrogens (primary N) is 1. The number of hydrogen-bond donors (Lipinski definition) is 2. The van der Waals surface area contributed by atoms with E-state index in [-0.39, 0.29) is 5.91 Å². The van der Waals surface area contributed by atoms with E-state index in [4.69, 9.17) is 5.73 Å². The second-order valence-electron chi connectivity index (χ2n) is 4.96. The normalized spacial score (nSPS) is 11.0. The van der Waals surface area contributed by atoms with Gasteiger partial charge in [0.1, 0.15) is 0 Å². The third-order valence-corrected chi connectivity index (χ3v) is 3.22. The highest BCUT2D eigenvalue weighted by Gasteiger charge is 2.09. The summed E-state index contributed by atoms with van der Waals surface area (Å²) in [5.41, 5.74) is 7.09. The van der Waals surface area contributed by atoms with Gasteiger partial charge in [0.15, 0.2) is 0 Å². The van der Waals surface area contributed by atoms with Crippen LogP contribution in [0, 0.1) is 0 Å². The Morgan fingerprint density at radius 3 is 2.63 bits per heavy atom. The Labute approximate surface area is 116 Å². The molecule has 0 radical (unpaired) electrons. The molecule has 0 aliphatic carbocycles. The van der Waals surface area contributed by atoms with Crippen LogP contribution >= 0.6 is 0 Å². The molecule has 0 saturated carbocycles. The lowest BCUT2D eigenvalue weighted by Gasteiger charge is -2.24. The van der Waals surface area contributed by atoms with Gasteiger partial charge in [-0.05, 0) is 45.5 Å². The molecule has 1 rings (SSSR count). The highest BCUT2D eigenvalue weighted by molar-refractivity contribution is 5.93. The maximum atomic E-state index is 11.8. The van der Waals surface area contributed by atoms with Crippen LogP contribution in [0.4, 0.5) is 11.4 Å². The zero-order chi connectivity index (χ0) is 14.3. The van der Waals surface area contributed by atoms with E-state index in [0.717, 1.165) is 19.5 Å². The van der Waals surface area contributed by atoms with Crippen LogP contribution in [-0.2, 0) is 4.79 Å². The molecule has 0 spiro atoms. The Kier molecular flexibility index (Phi) is 6.36. The zero-order valence-electron chi connectivity index (χ0n) is 12.1. The maximum Gasteiger partial charge on any atom is 0.224 e. The number of nitrogen functional groups attached to an aromatic ring is 1. The van der Waals surface area contributed by atoms with Crippen molar-refractivity contribution >= 4 is 17.3 Å². The minimum Gasteiger partial charge on any atom is -0.397 e. The van der Waals surface area contributed by atoms with Gasteiger partial charge in [-0.25, -0.2) is 0 Å². The molecule has 1 aromatic carbocycles. The molecule has 1 aromatic rings. The van der Waals surface area contributed by atoms with Crippen molar-refractivity contribution in [3.8, 4) is 0 Å². The van der Waals surface area contributed by atoms with Gasteiger partial charge in [-0.3, -0.25) is 4.79 Å². The van der Waals surface area contributed by atoms with Crippen LogP contribution in [0.2, 0.25) is 0 Å². The summed E-state index contributed by atoms with van der Waals surface area (Å²) >= 11 is 0. The van der Waals surface area contributed by atoms with Crippen molar-refractivity contribution in [1.82, 2.24) is 4.90 Å². The van der Waals surface area contributed by atoms with Crippen molar-refractivity contribution in [1.29, 1.82) is 0 Å². The van der Waals surface area contributed by atoms with Gasteiger partial charge in [-0.15, -0.1) is 0 Å². The quantitative estimate of drug-likeness (QED) is 0.744. The van der Waals surface area contributed by atoms with Crippen LogP contribution in [0.5, 0.6) is 0 Å². The molecular formula is C15H25N3O. The maximum absolute atomic E-state index is 11.8. The Balaban J connectivity index is 2.34. The summed E-state index contributed by atoms with van der Waals surface area (Å²) in [5.74, 6) is 0.0257. The topological polar surface area (TPSA) is 58.4 Å². The van der Waals surface area contributed by atoms with E-state index in [1.807, 2.05) is 18.2 Å². The first kappa shape index (κ1) is 15.5. The van der Waals surface area contributed by atoms with Crippen molar-refractivity contribution in [3.63, 3.8) is 0 Å². The molecule has 0 aromatic heterocycles. The largest absolute Gasteiger partial charge is 0.397 e. The number of amides is 1. The fraction of sp³-hybridized carbons (Fsp3) is 0.533. The van der Waals surface area contributed by atoms with Gasteiger partial charge in [0, 0.05) is 12.5 Å². The number of hydrogen-bond acceptors (Lipinski definition) is 3. The molecule has 19 heavy (non-hydrogen) atoms. The lowest BCUT2D eigenvalue weighted by atomic mass is 10.2. The molecule has 0 unspecified atom stereocenters. The standard InChI is InChI=1S/C15H25N3O/c1-4-18(12(2)3)11-7-10-15(19)17-14-9-6-5-8-13(14)16/h5-6,8-9,12H,4,7,10-11,16H2,1-3H3,(H,17,19). The van der Waals surface area contributed by atoms with E-state index < -0.39 is 0 Å². The Hall–Kier alpha value is -1.55. The predicted octanol–water partition coefficient (Wildman–Crippen LogP) is 2.72. The summed E-state index contributed by atoms with van der Waals surface area (Å²) in [6.07, 6.45) is 1.39. The number of nitrogens with zero attached hydrogens (tertiary/aromatic N) is 1. The molecule has 0 aliphatic rings. The van der Waals surface area contributed by atoms with E-state index in [2.05, 4.69) is 31.0 Å². The Bertz CT molecular complexity index is 404. The first-order chi connectivity index (χ1) is 9.04. The average Bonchev–Trinajstić information content (AvgIpc) is 2.37. The van der Waals surface area contributed by atoms with E-state index in [0.29, 0.717) is 23.8 Å². The van der Waals surface area contributed by atoms with E-state index in [9.17, 15) is 4.79 Å². The number of rotatable bonds is 7.